The van der Waals surface area contributed by atoms with E-state index in [2.05, 4.69) is 17.1 Å². The van der Waals surface area contributed by atoms with Crippen LogP contribution in [0.5, 0.6) is 0 Å². The molecule has 0 saturated heterocycles. The van der Waals surface area contributed by atoms with Crippen LogP contribution in [0.3, 0.4) is 0 Å². The zero-order valence-corrected chi connectivity index (χ0v) is 6.45. The molecule has 0 amide bonds. The van der Waals surface area contributed by atoms with Crippen LogP contribution in [0, 0.1) is 5.92 Å². The lowest BCUT2D eigenvalue weighted by molar-refractivity contribution is 0.501. The Morgan fingerprint density at radius 3 is 2.91 bits per heavy atom. The molecule has 0 radical (unpaired) electrons. The number of nitrogens with zero attached hydrogens (tertiary/aromatic N) is 2. The van der Waals surface area contributed by atoms with Gasteiger partial charge in [0, 0.05) is 5.92 Å². The minimum Gasteiger partial charge on any atom is -0.408 e. The van der Waals surface area contributed by atoms with Gasteiger partial charge in [-0.2, -0.15) is 0 Å². The molecule has 4 heteroatoms. The largest absolute Gasteiger partial charge is 0.408 e. The summed E-state index contributed by atoms with van der Waals surface area (Å²) in [6.45, 7) is 2.17. The van der Waals surface area contributed by atoms with Gasteiger partial charge in [0.05, 0.1) is 0 Å². The van der Waals surface area contributed by atoms with Crippen LogP contribution in [0.15, 0.2) is 4.42 Å². The highest BCUT2D eigenvalue weighted by atomic mass is 16.4. The standard InChI is InChI=1S/C7H11N3O/c1-2-4-3-5(4)6-9-10-7(8)11-6/h4-5H,2-3H2,1H3,(H2,8,10)/t4-,5-/m1/s1. The summed E-state index contributed by atoms with van der Waals surface area (Å²) in [6.07, 6.45) is 2.37. The summed E-state index contributed by atoms with van der Waals surface area (Å²) in [5.41, 5.74) is 5.29. The summed E-state index contributed by atoms with van der Waals surface area (Å²) >= 11 is 0. The van der Waals surface area contributed by atoms with Crippen molar-refractivity contribution in [2.45, 2.75) is 25.7 Å². The first-order valence-electron chi connectivity index (χ1n) is 3.90. The number of anilines is 1. The molecular formula is C7H11N3O. The number of nitrogen functional groups attached to an aromatic ring is 1. The fraction of sp³-hybridized carbons (Fsp3) is 0.714. The Kier molecular flexibility index (Phi) is 1.34. The molecule has 1 aromatic rings. The lowest BCUT2D eigenvalue weighted by Gasteiger charge is -1.87. The normalized spacial score (nSPS) is 28.8. The Balaban J connectivity index is 2.08. The zero-order valence-electron chi connectivity index (χ0n) is 6.45. The first-order chi connectivity index (χ1) is 5.31. The molecule has 0 aliphatic heterocycles. The molecular weight excluding hydrogens is 142 g/mol. The van der Waals surface area contributed by atoms with E-state index in [9.17, 15) is 0 Å². The van der Waals surface area contributed by atoms with Crippen LogP contribution in [-0.2, 0) is 0 Å². The van der Waals surface area contributed by atoms with Crippen molar-refractivity contribution < 1.29 is 4.42 Å². The SMILES string of the molecule is CC[C@@H]1C[C@H]1c1nnc(N)o1. The van der Waals surface area contributed by atoms with Crippen LogP contribution >= 0.6 is 0 Å². The molecule has 1 fully saturated rings. The van der Waals surface area contributed by atoms with E-state index in [0.29, 0.717) is 11.8 Å². The number of hydrogen-bond acceptors (Lipinski definition) is 4. The molecule has 1 heterocycles. The van der Waals surface area contributed by atoms with E-state index < -0.39 is 0 Å². The van der Waals surface area contributed by atoms with Crippen molar-refractivity contribution in [2.24, 2.45) is 5.92 Å². The predicted octanol–water partition coefficient (Wildman–Crippen LogP) is 1.17. The molecule has 60 valence electrons. The van der Waals surface area contributed by atoms with Crippen molar-refractivity contribution >= 4 is 6.01 Å². The Morgan fingerprint density at radius 2 is 2.45 bits per heavy atom. The maximum Gasteiger partial charge on any atom is 0.312 e. The van der Waals surface area contributed by atoms with Crippen LogP contribution in [0.4, 0.5) is 6.01 Å². The average Bonchev–Trinajstić information content (AvgIpc) is 2.68. The van der Waals surface area contributed by atoms with E-state index >= 15 is 0 Å². The Hall–Kier alpha value is -1.06. The van der Waals surface area contributed by atoms with E-state index in [-0.39, 0.29) is 6.01 Å². The summed E-state index contributed by atoms with van der Waals surface area (Å²) in [6, 6.07) is 0.182. The molecule has 2 rings (SSSR count). The third kappa shape index (κ3) is 1.08. The Morgan fingerprint density at radius 1 is 1.64 bits per heavy atom. The van der Waals surface area contributed by atoms with Crippen LogP contribution in [-0.4, -0.2) is 10.2 Å². The van der Waals surface area contributed by atoms with Crippen molar-refractivity contribution in [2.75, 3.05) is 5.73 Å². The van der Waals surface area contributed by atoms with Gasteiger partial charge >= 0.3 is 6.01 Å². The molecule has 0 spiro atoms. The molecule has 0 aromatic carbocycles. The zero-order chi connectivity index (χ0) is 7.84. The summed E-state index contributed by atoms with van der Waals surface area (Å²) in [5.74, 6) is 1.95. The van der Waals surface area contributed by atoms with E-state index in [0.717, 1.165) is 5.92 Å². The number of nitrogens with two attached hydrogens (primary N) is 1. The fourth-order valence-corrected chi connectivity index (χ4v) is 1.40. The smallest absolute Gasteiger partial charge is 0.312 e. The van der Waals surface area contributed by atoms with Gasteiger partial charge in [0.25, 0.3) is 0 Å². The van der Waals surface area contributed by atoms with Gasteiger partial charge in [0.1, 0.15) is 0 Å². The highest BCUT2D eigenvalue weighted by Crippen LogP contribution is 2.48. The second-order valence-electron chi connectivity index (χ2n) is 2.99. The predicted molar refractivity (Wildman–Crippen MR) is 39.8 cm³/mol. The fourth-order valence-electron chi connectivity index (χ4n) is 1.40. The molecule has 1 saturated carbocycles. The Labute approximate surface area is 64.8 Å². The van der Waals surface area contributed by atoms with Gasteiger partial charge in [-0.3, -0.25) is 0 Å². The van der Waals surface area contributed by atoms with Gasteiger partial charge in [-0.1, -0.05) is 18.4 Å². The topological polar surface area (TPSA) is 64.9 Å². The third-order valence-electron chi connectivity index (χ3n) is 2.22. The van der Waals surface area contributed by atoms with Crippen molar-refractivity contribution in [1.82, 2.24) is 10.2 Å². The van der Waals surface area contributed by atoms with Gasteiger partial charge in [-0.15, -0.1) is 5.10 Å². The van der Waals surface area contributed by atoms with E-state index in [1.807, 2.05) is 0 Å². The monoisotopic (exact) mass is 153 g/mol. The molecule has 1 aliphatic rings. The minimum atomic E-state index is 0.182. The van der Waals surface area contributed by atoms with Gasteiger partial charge in [-0.05, 0) is 12.3 Å². The maximum absolute atomic E-state index is 5.29. The molecule has 2 atom stereocenters. The summed E-state index contributed by atoms with van der Waals surface area (Å²) in [7, 11) is 0. The number of hydrogen-bond donors (Lipinski definition) is 1. The summed E-state index contributed by atoms with van der Waals surface area (Å²) in [5, 5.41) is 7.44. The van der Waals surface area contributed by atoms with Gasteiger partial charge in [0.15, 0.2) is 0 Å². The lowest BCUT2D eigenvalue weighted by Crippen LogP contribution is -1.81. The summed E-state index contributed by atoms with van der Waals surface area (Å²) < 4.78 is 5.10. The average molecular weight is 153 g/mol. The van der Waals surface area contributed by atoms with Gasteiger partial charge in [0.2, 0.25) is 5.89 Å². The molecule has 0 unspecified atom stereocenters. The second-order valence-corrected chi connectivity index (χ2v) is 2.99. The van der Waals surface area contributed by atoms with Crippen LogP contribution in [0.2, 0.25) is 0 Å². The molecule has 4 nitrogen and oxygen atoms in total. The highest BCUT2D eigenvalue weighted by molar-refractivity contribution is 5.12. The second kappa shape index (κ2) is 2.22. The van der Waals surface area contributed by atoms with Crippen LogP contribution < -0.4 is 5.73 Å². The van der Waals surface area contributed by atoms with Crippen molar-refractivity contribution in [3.8, 4) is 0 Å². The van der Waals surface area contributed by atoms with Crippen molar-refractivity contribution in [1.29, 1.82) is 0 Å². The third-order valence-corrected chi connectivity index (χ3v) is 2.22. The number of aromatic nitrogens is 2. The molecule has 1 aliphatic carbocycles. The molecule has 0 bridgehead atoms. The van der Waals surface area contributed by atoms with E-state index in [4.69, 9.17) is 10.2 Å². The van der Waals surface area contributed by atoms with Gasteiger partial charge in [-0.25, -0.2) is 0 Å². The molecule has 2 N–H and O–H groups in total. The highest BCUT2D eigenvalue weighted by Gasteiger charge is 2.40. The van der Waals surface area contributed by atoms with Crippen molar-refractivity contribution in [3.05, 3.63) is 5.89 Å². The molecule has 1 aromatic heterocycles. The minimum absolute atomic E-state index is 0.182. The maximum atomic E-state index is 5.29. The van der Waals surface area contributed by atoms with Gasteiger partial charge < -0.3 is 10.2 Å². The first kappa shape index (κ1) is 6.64. The van der Waals surface area contributed by atoms with Crippen LogP contribution in [0.1, 0.15) is 31.6 Å². The van der Waals surface area contributed by atoms with Crippen molar-refractivity contribution in [3.63, 3.8) is 0 Å². The van der Waals surface area contributed by atoms with E-state index in [1.54, 1.807) is 0 Å². The quantitative estimate of drug-likeness (QED) is 0.692. The number of rotatable bonds is 2. The summed E-state index contributed by atoms with van der Waals surface area (Å²) in [4.78, 5) is 0. The lowest BCUT2D eigenvalue weighted by atomic mass is 10.2. The molecule has 11 heavy (non-hydrogen) atoms. The van der Waals surface area contributed by atoms with Crippen LogP contribution in [0.25, 0.3) is 0 Å². The Bertz CT molecular complexity index is 258. The first-order valence-corrected chi connectivity index (χ1v) is 3.90. The van der Waals surface area contributed by atoms with E-state index in [1.165, 1.54) is 12.8 Å².